The Morgan fingerprint density at radius 3 is 2.68 bits per heavy atom. The lowest BCUT2D eigenvalue weighted by molar-refractivity contribution is -0.394. The van der Waals surface area contributed by atoms with Crippen molar-refractivity contribution < 1.29 is 14.6 Å². The molecule has 19 heavy (non-hydrogen) atoms. The molecule has 1 aliphatic heterocycles. The van der Waals surface area contributed by atoms with Crippen LogP contribution in [-0.4, -0.2) is 29.5 Å². The molecule has 1 aromatic rings. The average molecular weight is 267 g/mol. The van der Waals surface area contributed by atoms with E-state index in [1.54, 1.807) is 0 Å². The van der Waals surface area contributed by atoms with Crippen LogP contribution in [0.25, 0.3) is 0 Å². The van der Waals surface area contributed by atoms with E-state index < -0.39 is 9.85 Å². The van der Waals surface area contributed by atoms with Gasteiger partial charge >= 0.3 is 5.69 Å². The number of nitrogens with one attached hydrogen (secondary N) is 1. The summed E-state index contributed by atoms with van der Waals surface area (Å²) in [5.41, 5.74) is -0.693. The summed E-state index contributed by atoms with van der Waals surface area (Å²) in [6, 6.07) is 3.40. The van der Waals surface area contributed by atoms with Crippen LogP contribution in [0.2, 0.25) is 0 Å². The molecule has 102 valence electrons. The van der Waals surface area contributed by atoms with Gasteiger partial charge in [0.2, 0.25) is 0 Å². The van der Waals surface area contributed by atoms with Crippen molar-refractivity contribution in [3.05, 3.63) is 38.4 Å². The zero-order chi connectivity index (χ0) is 13.8. The topological polar surface area (TPSA) is 108 Å². The molecule has 1 aromatic carbocycles. The van der Waals surface area contributed by atoms with Gasteiger partial charge in [0.25, 0.3) is 5.69 Å². The number of nitro benzene ring substituents is 2. The fourth-order valence-electron chi connectivity index (χ4n) is 1.95. The van der Waals surface area contributed by atoms with Crippen LogP contribution in [0.1, 0.15) is 6.42 Å². The quantitative estimate of drug-likeness (QED) is 0.639. The molecule has 0 radical (unpaired) electrons. The Balaban J connectivity index is 2.14. The maximum absolute atomic E-state index is 10.9. The van der Waals surface area contributed by atoms with E-state index in [1.165, 1.54) is 12.1 Å². The summed E-state index contributed by atoms with van der Waals surface area (Å²) >= 11 is 0. The molecule has 0 aliphatic carbocycles. The van der Waals surface area contributed by atoms with E-state index in [9.17, 15) is 20.2 Å². The molecule has 1 unspecified atom stereocenters. The van der Waals surface area contributed by atoms with Crippen LogP contribution in [0.3, 0.4) is 0 Å². The summed E-state index contributed by atoms with van der Waals surface area (Å²) in [6.07, 6.45) is 0.959. The molecule has 1 N–H and O–H groups in total. The van der Waals surface area contributed by atoms with Crippen molar-refractivity contribution >= 4 is 11.4 Å². The molecular formula is C11H13N3O5. The first-order valence-corrected chi connectivity index (χ1v) is 5.84. The molecule has 0 amide bonds. The predicted octanol–water partition coefficient (Wildman–Crippen LogP) is 1.49. The van der Waals surface area contributed by atoms with E-state index in [-0.39, 0.29) is 17.1 Å². The van der Waals surface area contributed by atoms with Gasteiger partial charge in [0.05, 0.1) is 22.5 Å². The molecule has 0 bridgehead atoms. The highest BCUT2D eigenvalue weighted by molar-refractivity contribution is 5.53. The molecule has 2 rings (SSSR count). The van der Waals surface area contributed by atoms with E-state index >= 15 is 0 Å². The molecule has 1 fully saturated rings. The summed E-state index contributed by atoms with van der Waals surface area (Å²) in [5.74, 6) is 0.386. The second-order valence-electron chi connectivity index (χ2n) is 4.34. The molecule has 1 aliphatic rings. The summed E-state index contributed by atoms with van der Waals surface area (Å²) in [7, 11) is 0. The lowest BCUT2D eigenvalue weighted by Gasteiger charge is -2.10. The van der Waals surface area contributed by atoms with Gasteiger partial charge in [-0.1, -0.05) is 0 Å². The van der Waals surface area contributed by atoms with Crippen molar-refractivity contribution in [1.82, 2.24) is 5.32 Å². The first-order valence-electron chi connectivity index (χ1n) is 5.84. The Morgan fingerprint density at radius 1 is 1.32 bits per heavy atom. The van der Waals surface area contributed by atoms with E-state index in [0.717, 1.165) is 25.6 Å². The second kappa shape index (κ2) is 5.61. The van der Waals surface area contributed by atoms with Gasteiger partial charge in [0.1, 0.15) is 0 Å². The summed E-state index contributed by atoms with van der Waals surface area (Å²) < 4.78 is 5.41. The van der Waals surface area contributed by atoms with Gasteiger partial charge in [0, 0.05) is 18.5 Å². The number of ether oxygens (including phenoxy) is 1. The first kappa shape index (κ1) is 13.2. The Morgan fingerprint density at radius 2 is 2.11 bits per heavy atom. The van der Waals surface area contributed by atoms with Crippen molar-refractivity contribution in [3.63, 3.8) is 0 Å². The minimum atomic E-state index is -0.671. The normalized spacial score (nSPS) is 18.2. The maximum Gasteiger partial charge on any atom is 0.317 e. The maximum atomic E-state index is 10.9. The zero-order valence-electron chi connectivity index (χ0n) is 10.1. The lowest BCUT2D eigenvalue weighted by atomic mass is 10.1. The van der Waals surface area contributed by atoms with E-state index in [2.05, 4.69) is 5.32 Å². The third kappa shape index (κ3) is 3.16. The van der Waals surface area contributed by atoms with Gasteiger partial charge in [-0.2, -0.15) is 0 Å². The standard InChI is InChI=1S/C11H13N3O5/c15-13(16)9-1-2-11(10(5-9)14(17)18)19-7-8-3-4-12-6-8/h1-2,5,8,12H,3-4,6-7H2. The second-order valence-corrected chi connectivity index (χ2v) is 4.34. The van der Waals surface area contributed by atoms with Gasteiger partial charge in [-0.25, -0.2) is 0 Å². The fourth-order valence-corrected chi connectivity index (χ4v) is 1.95. The molecule has 1 heterocycles. The fraction of sp³-hybridized carbons (Fsp3) is 0.455. The van der Waals surface area contributed by atoms with Crippen LogP contribution >= 0.6 is 0 Å². The SMILES string of the molecule is O=[N+]([O-])c1ccc(OCC2CCNC2)c([N+](=O)[O-])c1. The van der Waals surface area contributed by atoms with Crippen molar-refractivity contribution in [2.75, 3.05) is 19.7 Å². The average Bonchev–Trinajstić information content (AvgIpc) is 2.89. The molecular weight excluding hydrogens is 254 g/mol. The Hall–Kier alpha value is -2.22. The molecule has 1 saturated heterocycles. The van der Waals surface area contributed by atoms with Crippen LogP contribution < -0.4 is 10.1 Å². The Bertz CT molecular complexity index is 499. The lowest BCUT2D eigenvalue weighted by Crippen LogP contribution is -2.15. The van der Waals surface area contributed by atoms with Crippen LogP contribution in [0, 0.1) is 26.1 Å². The van der Waals surface area contributed by atoms with Crippen LogP contribution in [0.4, 0.5) is 11.4 Å². The highest BCUT2D eigenvalue weighted by Gasteiger charge is 2.22. The van der Waals surface area contributed by atoms with Gasteiger partial charge < -0.3 is 10.1 Å². The summed E-state index contributed by atoms with van der Waals surface area (Å²) in [6.45, 7) is 2.10. The smallest absolute Gasteiger partial charge is 0.317 e. The molecule has 0 aromatic heterocycles. The number of rotatable bonds is 5. The number of nitrogens with zero attached hydrogens (tertiary/aromatic N) is 2. The monoisotopic (exact) mass is 267 g/mol. The van der Waals surface area contributed by atoms with E-state index in [1.807, 2.05) is 0 Å². The summed E-state index contributed by atoms with van der Waals surface area (Å²) in [4.78, 5) is 20.1. The molecule has 0 saturated carbocycles. The molecule has 8 nitrogen and oxygen atoms in total. The number of hydrogen-bond donors (Lipinski definition) is 1. The Labute approximate surface area is 108 Å². The third-order valence-electron chi connectivity index (χ3n) is 2.99. The number of benzene rings is 1. The predicted molar refractivity (Wildman–Crippen MR) is 66.2 cm³/mol. The zero-order valence-corrected chi connectivity index (χ0v) is 10.1. The van der Waals surface area contributed by atoms with Gasteiger partial charge in [-0.15, -0.1) is 0 Å². The van der Waals surface area contributed by atoms with Gasteiger partial charge in [-0.3, -0.25) is 20.2 Å². The van der Waals surface area contributed by atoms with Gasteiger partial charge in [-0.05, 0) is 19.0 Å². The summed E-state index contributed by atoms with van der Waals surface area (Å²) in [5, 5.41) is 24.6. The van der Waals surface area contributed by atoms with Crippen LogP contribution in [0.5, 0.6) is 5.75 Å². The van der Waals surface area contributed by atoms with Crippen molar-refractivity contribution in [1.29, 1.82) is 0 Å². The third-order valence-corrected chi connectivity index (χ3v) is 2.99. The minimum absolute atomic E-state index is 0.0718. The van der Waals surface area contributed by atoms with Crippen molar-refractivity contribution in [3.8, 4) is 5.75 Å². The molecule has 0 spiro atoms. The van der Waals surface area contributed by atoms with Crippen molar-refractivity contribution in [2.45, 2.75) is 6.42 Å². The molecule has 1 atom stereocenters. The van der Waals surface area contributed by atoms with E-state index in [0.29, 0.717) is 12.5 Å². The molecule has 8 heteroatoms. The highest BCUT2D eigenvalue weighted by atomic mass is 16.6. The number of hydrogen-bond acceptors (Lipinski definition) is 6. The van der Waals surface area contributed by atoms with E-state index in [4.69, 9.17) is 4.74 Å². The highest BCUT2D eigenvalue weighted by Crippen LogP contribution is 2.31. The van der Waals surface area contributed by atoms with Crippen LogP contribution in [0.15, 0.2) is 18.2 Å². The minimum Gasteiger partial charge on any atom is -0.486 e. The Kier molecular flexibility index (Phi) is 3.91. The van der Waals surface area contributed by atoms with Crippen molar-refractivity contribution in [2.24, 2.45) is 5.92 Å². The first-order chi connectivity index (χ1) is 9.08. The number of nitro groups is 2. The number of non-ortho nitro benzene ring substituents is 1. The van der Waals surface area contributed by atoms with Gasteiger partial charge in [0.15, 0.2) is 5.75 Å². The van der Waals surface area contributed by atoms with Crippen LogP contribution in [-0.2, 0) is 0 Å². The largest absolute Gasteiger partial charge is 0.486 e.